The van der Waals surface area contributed by atoms with Gasteiger partial charge in [0.25, 0.3) is 0 Å². The van der Waals surface area contributed by atoms with E-state index < -0.39 is 18.1 Å². The van der Waals surface area contributed by atoms with E-state index >= 15 is 0 Å². The quantitative estimate of drug-likeness (QED) is 0.592. The number of carbonyl (C=O) groups excluding carboxylic acids is 1. The molecule has 0 fully saturated rings. The maximum atomic E-state index is 12.1. The van der Waals surface area contributed by atoms with Gasteiger partial charge in [-0.15, -0.1) is 13.2 Å². The van der Waals surface area contributed by atoms with Gasteiger partial charge in [-0.2, -0.15) is 5.26 Å². The number of benzene rings is 1. The Bertz CT molecular complexity index is 537. The number of alkyl halides is 3. The van der Waals surface area contributed by atoms with Crippen molar-refractivity contribution in [3.63, 3.8) is 0 Å². The van der Waals surface area contributed by atoms with Crippen LogP contribution in [0.4, 0.5) is 13.2 Å². The Labute approximate surface area is 120 Å². The molecule has 0 aliphatic carbocycles. The van der Waals surface area contributed by atoms with Gasteiger partial charge in [0.15, 0.2) is 0 Å². The van der Waals surface area contributed by atoms with Crippen molar-refractivity contribution in [1.29, 1.82) is 5.26 Å². The molecule has 1 rings (SSSR count). The van der Waals surface area contributed by atoms with Gasteiger partial charge < -0.3 is 9.47 Å². The highest BCUT2D eigenvalue weighted by atomic mass is 127. The van der Waals surface area contributed by atoms with Crippen LogP contribution in [-0.4, -0.2) is 18.9 Å². The van der Waals surface area contributed by atoms with Crippen molar-refractivity contribution in [1.82, 2.24) is 0 Å². The van der Waals surface area contributed by atoms with Gasteiger partial charge in [-0.25, -0.2) is 4.79 Å². The third-order valence-electron chi connectivity index (χ3n) is 1.90. The summed E-state index contributed by atoms with van der Waals surface area (Å²) in [5, 5.41) is 8.83. The molecule has 102 valence electrons. The third-order valence-corrected chi connectivity index (χ3v) is 3.06. The van der Waals surface area contributed by atoms with E-state index in [0.717, 1.165) is 12.1 Å². The fraction of sp³-hybridized carbons (Fsp3) is 0.273. The Morgan fingerprint density at radius 1 is 1.47 bits per heavy atom. The highest BCUT2D eigenvalue weighted by Crippen LogP contribution is 2.28. The Balaban J connectivity index is 3.27. The summed E-state index contributed by atoms with van der Waals surface area (Å²) in [4.78, 5) is 11.6. The van der Waals surface area contributed by atoms with Gasteiger partial charge in [0.05, 0.1) is 17.7 Å². The van der Waals surface area contributed by atoms with Crippen LogP contribution < -0.4 is 4.74 Å². The van der Waals surface area contributed by atoms with E-state index in [-0.39, 0.29) is 21.3 Å². The van der Waals surface area contributed by atoms with Crippen LogP contribution in [0.1, 0.15) is 22.8 Å². The van der Waals surface area contributed by atoms with E-state index in [9.17, 15) is 18.0 Å². The van der Waals surface area contributed by atoms with Crippen LogP contribution in [0.25, 0.3) is 0 Å². The predicted octanol–water partition coefficient (Wildman–Crippen LogP) is 3.24. The first-order valence-corrected chi connectivity index (χ1v) is 6.03. The zero-order valence-corrected chi connectivity index (χ0v) is 11.7. The molecule has 0 heterocycles. The lowest BCUT2D eigenvalue weighted by Crippen LogP contribution is -2.18. The number of carbonyl (C=O) groups is 1. The van der Waals surface area contributed by atoms with Crippen LogP contribution in [0.15, 0.2) is 12.1 Å². The standard InChI is InChI=1S/C11H7F3INO3/c1-2-18-10(17)8-4-7(19-11(12,13)14)3-6(5-16)9(8)15/h3-4H,2H2,1H3. The maximum absolute atomic E-state index is 12.1. The molecule has 0 saturated carbocycles. The van der Waals surface area contributed by atoms with E-state index in [0.29, 0.717) is 0 Å². The van der Waals surface area contributed by atoms with E-state index in [4.69, 9.17) is 10.00 Å². The predicted molar refractivity (Wildman–Crippen MR) is 66.5 cm³/mol. The smallest absolute Gasteiger partial charge is 0.462 e. The molecule has 1 aromatic rings. The molecule has 0 unspecified atom stereocenters. The molecular weight excluding hydrogens is 378 g/mol. The van der Waals surface area contributed by atoms with E-state index in [2.05, 4.69) is 4.74 Å². The van der Waals surface area contributed by atoms with Gasteiger partial charge in [-0.3, -0.25) is 0 Å². The number of nitrogens with zero attached hydrogens (tertiary/aromatic N) is 1. The number of ether oxygens (including phenoxy) is 2. The lowest BCUT2D eigenvalue weighted by molar-refractivity contribution is -0.274. The lowest BCUT2D eigenvalue weighted by atomic mass is 10.1. The van der Waals surface area contributed by atoms with Gasteiger partial charge in [0.2, 0.25) is 0 Å². The van der Waals surface area contributed by atoms with Crippen LogP contribution >= 0.6 is 22.6 Å². The summed E-state index contributed by atoms with van der Waals surface area (Å²) in [6.07, 6.45) is -4.90. The lowest BCUT2D eigenvalue weighted by Gasteiger charge is -2.12. The molecule has 0 atom stereocenters. The van der Waals surface area contributed by atoms with Crippen molar-refractivity contribution in [3.05, 3.63) is 26.8 Å². The number of rotatable bonds is 3. The van der Waals surface area contributed by atoms with Crippen molar-refractivity contribution in [2.45, 2.75) is 13.3 Å². The van der Waals surface area contributed by atoms with E-state index in [1.807, 2.05) is 0 Å². The number of hydrogen-bond acceptors (Lipinski definition) is 4. The van der Waals surface area contributed by atoms with E-state index in [1.54, 1.807) is 35.6 Å². The normalized spacial score (nSPS) is 10.7. The molecule has 0 bridgehead atoms. The van der Waals surface area contributed by atoms with Gasteiger partial charge in [0, 0.05) is 3.57 Å². The van der Waals surface area contributed by atoms with Crippen LogP contribution in [0.2, 0.25) is 0 Å². The summed E-state index contributed by atoms with van der Waals surface area (Å²) < 4.78 is 45.0. The fourth-order valence-electron chi connectivity index (χ4n) is 1.23. The zero-order valence-electron chi connectivity index (χ0n) is 9.55. The molecule has 4 nitrogen and oxygen atoms in total. The van der Waals surface area contributed by atoms with E-state index in [1.165, 1.54) is 0 Å². The topological polar surface area (TPSA) is 59.3 Å². The average molecular weight is 385 g/mol. The average Bonchev–Trinajstić information content (AvgIpc) is 2.29. The summed E-state index contributed by atoms with van der Waals surface area (Å²) >= 11 is 1.69. The minimum absolute atomic E-state index is 0.0706. The molecule has 0 aromatic heterocycles. The number of halogens is 4. The second-order valence-electron chi connectivity index (χ2n) is 3.21. The van der Waals surface area contributed by atoms with Crippen LogP contribution in [0, 0.1) is 14.9 Å². The largest absolute Gasteiger partial charge is 0.573 e. The molecule has 0 saturated heterocycles. The molecule has 0 amide bonds. The molecular formula is C11H7F3INO3. The Hall–Kier alpha value is -1.50. The fourth-order valence-corrected chi connectivity index (χ4v) is 1.88. The number of esters is 1. The highest BCUT2D eigenvalue weighted by molar-refractivity contribution is 14.1. The van der Waals surface area contributed by atoms with Crippen LogP contribution in [-0.2, 0) is 4.74 Å². The Kier molecular flexibility index (Phi) is 4.99. The Morgan fingerprint density at radius 2 is 2.11 bits per heavy atom. The second-order valence-corrected chi connectivity index (χ2v) is 4.29. The van der Waals surface area contributed by atoms with Crippen molar-refractivity contribution < 1.29 is 27.4 Å². The number of hydrogen-bond donors (Lipinski definition) is 0. The highest BCUT2D eigenvalue weighted by Gasteiger charge is 2.32. The molecule has 0 radical (unpaired) electrons. The monoisotopic (exact) mass is 385 g/mol. The summed E-state index contributed by atoms with van der Waals surface area (Å²) in [6.45, 7) is 1.63. The SMILES string of the molecule is CCOC(=O)c1cc(OC(F)(F)F)cc(C#N)c1I. The minimum atomic E-state index is -4.90. The third kappa shape index (κ3) is 4.27. The van der Waals surface area contributed by atoms with Gasteiger partial charge >= 0.3 is 12.3 Å². The van der Waals surface area contributed by atoms with Gasteiger partial charge in [-0.05, 0) is 41.6 Å². The summed E-state index contributed by atoms with van der Waals surface area (Å²) in [5.74, 6) is -1.44. The zero-order chi connectivity index (χ0) is 14.6. The molecule has 19 heavy (non-hydrogen) atoms. The summed E-state index contributed by atoms with van der Waals surface area (Å²) in [7, 11) is 0. The first kappa shape index (κ1) is 15.6. The summed E-state index contributed by atoms with van der Waals surface area (Å²) in [6, 6.07) is 3.51. The second kappa shape index (κ2) is 6.10. The first-order chi connectivity index (χ1) is 8.78. The van der Waals surface area contributed by atoms with Crippen molar-refractivity contribution >= 4 is 28.6 Å². The molecule has 0 aliphatic heterocycles. The van der Waals surface area contributed by atoms with Crippen molar-refractivity contribution in [2.75, 3.05) is 6.61 Å². The Morgan fingerprint density at radius 3 is 2.58 bits per heavy atom. The first-order valence-electron chi connectivity index (χ1n) is 4.95. The van der Waals surface area contributed by atoms with Crippen LogP contribution in [0.5, 0.6) is 5.75 Å². The molecule has 0 spiro atoms. The molecule has 8 heteroatoms. The molecule has 1 aromatic carbocycles. The van der Waals surface area contributed by atoms with Crippen molar-refractivity contribution in [3.8, 4) is 11.8 Å². The molecule has 0 aliphatic rings. The minimum Gasteiger partial charge on any atom is -0.462 e. The number of nitriles is 1. The van der Waals surface area contributed by atoms with Crippen molar-refractivity contribution in [2.24, 2.45) is 0 Å². The van der Waals surface area contributed by atoms with Crippen LogP contribution in [0.3, 0.4) is 0 Å². The molecule has 0 N–H and O–H groups in total. The van der Waals surface area contributed by atoms with Gasteiger partial charge in [-0.1, -0.05) is 0 Å². The van der Waals surface area contributed by atoms with Gasteiger partial charge in [0.1, 0.15) is 11.8 Å². The maximum Gasteiger partial charge on any atom is 0.573 e. The summed E-state index contributed by atoms with van der Waals surface area (Å²) in [5.41, 5.74) is -0.230.